The molecule has 5 rings (SSSR count). The third kappa shape index (κ3) is 5.59. The van der Waals surface area contributed by atoms with Gasteiger partial charge in [-0.3, -0.25) is 4.98 Å². The highest BCUT2D eigenvalue weighted by Gasteiger charge is 2.36. The molecule has 2 saturated carbocycles. The van der Waals surface area contributed by atoms with Gasteiger partial charge >= 0.3 is 0 Å². The molecule has 2 aliphatic carbocycles. The van der Waals surface area contributed by atoms with E-state index in [1.807, 2.05) is 47.1 Å². The maximum atomic E-state index is 10.6. The van der Waals surface area contributed by atoms with Crippen LogP contribution in [0.5, 0.6) is 0 Å². The zero-order valence-corrected chi connectivity index (χ0v) is 23.5. The van der Waals surface area contributed by atoms with Gasteiger partial charge in [0.25, 0.3) is 0 Å². The number of methoxy groups -OCH3 is 1. The van der Waals surface area contributed by atoms with E-state index in [4.69, 9.17) is 19.7 Å². The zero-order chi connectivity index (χ0) is 26.2. The minimum absolute atomic E-state index is 0.0219. The molecule has 2 aliphatic rings. The number of hydrogen-bond acceptors (Lipinski definition) is 9. The first-order chi connectivity index (χ1) is 17.7. The second-order valence-corrected chi connectivity index (χ2v) is 12.4. The third-order valence-corrected chi connectivity index (χ3v) is 9.42. The van der Waals surface area contributed by atoms with Crippen molar-refractivity contribution in [2.45, 2.75) is 96.3 Å². The van der Waals surface area contributed by atoms with Crippen molar-refractivity contribution in [2.24, 2.45) is 5.92 Å². The summed E-state index contributed by atoms with van der Waals surface area (Å²) in [6.45, 7) is 8.62. The molecule has 3 heterocycles. The molecular formula is C28H40N6O2S. The summed E-state index contributed by atoms with van der Waals surface area (Å²) in [5.41, 5.74) is 2.99. The van der Waals surface area contributed by atoms with Gasteiger partial charge in [-0.1, -0.05) is 12.8 Å². The average molecular weight is 525 g/mol. The van der Waals surface area contributed by atoms with Gasteiger partial charge in [0.05, 0.1) is 32.9 Å². The largest absolute Gasteiger partial charge is 0.390 e. The van der Waals surface area contributed by atoms with Crippen molar-refractivity contribution in [3.05, 3.63) is 23.7 Å². The van der Waals surface area contributed by atoms with Crippen LogP contribution in [0.1, 0.15) is 76.6 Å². The van der Waals surface area contributed by atoms with E-state index in [9.17, 15) is 5.11 Å². The Bertz CT molecular complexity index is 1250. The van der Waals surface area contributed by atoms with Crippen molar-refractivity contribution < 1.29 is 9.84 Å². The number of thiazole rings is 1. The lowest BCUT2D eigenvalue weighted by Gasteiger charge is -2.27. The smallest absolute Gasteiger partial charge is 0.224 e. The molecule has 0 bridgehead atoms. The lowest BCUT2D eigenvalue weighted by molar-refractivity contribution is -0.00836. The van der Waals surface area contributed by atoms with Gasteiger partial charge in [0.15, 0.2) is 0 Å². The Kier molecular flexibility index (Phi) is 7.40. The Morgan fingerprint density at radius 1 is 1.14 bits per heavy atom. The monoisotopic (exact) mass is 524 g/mol. The van der Waals surface area contributed by atoms with E-state index in [1.54, 1.807) is 11.3 Å². The normalized spacial score (nSPS) is 21.6. The van der Waals surface area contributed by atoms with Crippen LogP contribution in [0, 0.1) is 19.8 Å². The summed E-state index contributed by atoms with van der Waals surface area (Å²) in [6.07, 6.45) is 10.4. The summed E-state index contributed by atoms with van der Waals surface area (Å²) in [5.74, 6) is 1.70. The average Bonchev–Trinajstić information content (AvgIpc) is 3.59. The number of hydrogen-bond donors (Lipinski definition) is 3. The number of nitrogens with zero attached hydrogens (tertiary/aromatic N) is 4. The van der Waals surface area contributed by atoms with Gasteiger partial charge in [0, 0.05) is 25.9 Å². The van der Waals surface area contributed by atoms with E-state index in [-0.39, 0.29) is 17.6 Å². The minimum atomic E-state index is -0.678. The van der Waals surface area contributed by atoms with Gasteiger partial charge in [-0.2, -0.15) is 4.98 Å². The number of rotatable bonds is 9. The van der Waals surface area contributed by atoms with E-state index < -0.39 is 5.60 Å². The standard InChI is InChI=1S/C28H40N6O2S/c1-17-22(25-33-23-18(2)29-14-10-21(23)37-25)24(32-20-9-8-19(16-20)27(3,4)35)34-26(31-17)30-15-13-28(36-5)11-6-7-12-28/h10,14,19-20,35H,6-9,11-13,15-16H2,1-5H3,(H2,30,31,32,34)/t19-,20+/m1/s1. The van der Waals surface area contributed by atoms with Crippen molar-refractivity contribution in [2.75, 3.05) is 24.3 Å². The predicted octanol–water partition coefficient (Wildman–Crippen LogP) is 5.88. The molecule has 3 aromatic rings. The molecule has 8 nitrogen and oxygen atoms in total. The van der Waals surface area contributed by atoms with Crippen LogP contribution in [0.15, 0.2) is 12.3 Å². The Morgan fingerprint density at radius 3 is 2.59 bits per heavy atom. The van der Waals surface area contributed by atoms with Gasteiger partial charge in [-0.05, 0) is 78.2 Å². The minimum Gasteiger partial charge on any atom is -0.390 e. The number of aliphatic hydroxyl groups is 1. The number of nitrogens with one attached hydrogen (secondary N) is 2. The first-order valence-corrected chi connectivity index (χ1v) is 14.4. The lowest BCUT2D eigenvalue weighted by Crippen LogP contribution is -2.30. The Morgan fingerprint density at radius 2 is 1.92 bits per heavy atom. The number of ether oxygens (including phenoxy) is 1. The fourth-order valence-electron chi connectivity index (χ4n) is 6.03. The number of anilines is 2. The van der Waals surface area contributed by atoms with Crippen LogP contribution in [-0.4, -0.2) is 55.9 Å². The van der Waals surface area contributed by atoms with Crippen LogP contribution in [0.25, 0.3) is 20.8 Å². The van der Waals surface area contributed by atoms with Crippen molar-refractivity contribution >= 4 is 33.3 Å². The van der Waals surface area contributed by atoms with E-state index in [1.165, 1.54) is 12.8 Å². The van der Waals surface area contributed by atoms with Crippen molar-refractivity contribution in [3.8, 4) is 10.6 Å². The van der Waals surface area contributed by atoms with E-state index >= 15 is 0 Å². The molecule has 9 heteroatoms. The van der Waals surface area contributed by atoms with Crippen LogP contribution >= 0.6 is 11.3 Å². The first kappa shape index (κ1) is 26.3. The third-order valence-electron chi connectivity index (χ3n) is 8.38. The van der Waals surface area contributed by atoms with Crippen LogP contribution in [0.2, 0.25) is 0 Å². The van der Waals surface area contributed by atoms with Gasteiger partial charge in [-0.15, -0.1) is 11.3 Å². The van der Waals surface area contributed by atoms with Gasteiger partial charge in [-0.25, -0.2) is 9.97 Å². The predicted molar refractivity (Wildman–Crippen MR) is 150 cm³/mol. The van der Waals surface area contributed by atoms with Crippen molar-refractivity contribution in [3.63, 3.8) is 0 Å². The highest BCUT2D eigenvalue weighted by Crippen LogP contribution is 2.40. The molecule has 2 fully saturated rings. The van der Waals surface area contributed by atoms with Crippen molar-refractivity contribution in [1.29, 1.82) is 0 Å². The highest BCUT2D eigenvalue weighted by molar-refractivity contribution is 7.21. The molecule has 37 heavy (non-hydrogen) atoms. The number of aromatic nitrogens is 4. The number of aryl methyl sites for hydroxylation is 2. The lowest BCUT2D eigenvalue weighted by atomic mass is 9.89. The van der Waals surface area contributed by atoms with Gasteiger partial charge in [0.1, 0.15) is 16.3 Å². The van der Waals surface area contributed by atoms with Crippen molar-refractivity contribution in [1.82, 2.24) is 19.9 Å². The number of fused-ring (bicyclic) bond motifs is 1. The molecule has 0 radical (unpaired) electrons. The molecule has 0 aromatic carbocycles. The number of pyridine rings is 1. The topological polar surface area (TPSA) is 105 Å². The van der Waals surface area contributed by atoms with E-state index in [0.29, 0.717) is 5.95 Å². The van der Waals surface area contributed by atoms with Crippen LogP contribution < -0.4 is 10.6 Å². The Balaban J connectivity index is 1.43. The molecule has 2 atom stereocenters. The van der Waals surface area contributed by atoms with Gasteiger partial charge in [0.2, 0.25) is 5.95 Å². The molecule has 200 valence electrons. The summed E-state index contributed by atoms with van der Waals surface area (Å²) < 4.78 is 7.01. The maximum absolute atomic E-state index is 10.6. The molecule has 0 spiro atoms. The fraction of sp³-hybridized carbons (Fsp3) is 0.643. The van der Waals surface area contributed by atoms with E-state index in [2.05, 4.69) is 15.6 Å². The summed E-state index contributed by atoms with van der Waals surface area (Å²) in [6, 6.07) is 2.26. The summed E-state index contributed by atoms with van der Waals surface area (Å²) in [5, 5.41) is 18.7. The summed E-state index contributed by atoms with van der Waals surface area (Å²) >= 11 is 1.65. The van der Waals surface area contributed by atoms with Gasteiger partial charge < -0.3 is 20.5 Å². The summed E-state index contributed by atoms with van der Waals surface area (Å²) in [4.78, 5) is 19.2. The molecule has 0 aliphatic heterocycles. The maximum Gasteiger partial charge on any atom is 0.224 e. The SMILES string of the molecule is COC1(CCNc2nc(C)c(-c3nc4c(C)nccc4s3)c(N[C@H]3CC[C@@H](C(C)(C)O)C3)n2)CCCC1. The fourth-order valence-corrected chi connectivity index (χ4v) is 7.14. The van der Waals surface area contributed by atoms with E-state index in [0.717, 1.165) is 83.1 Å². The molecule has 3 aromatic heterocycles. The van der Waals surface area contributed by atoms with Crippen LogP contribution in [0.3, 0.4) is 0 Å². The second-order valence-electron chi connectivity index (χ2n) is 11.4. The highest BCUT2D eigenvalue weighted by atomic mass is 32.1. The molecule has 0 unspecified atom stereocenters. The summed E-state index contributed by atoms with van der Waals surface area (Å²) in [7, 11) is 1.83. The Labute approximate surface area is 223 Å². The second kappa shape index (κ2) is 10.4. The molecular weight excluding hydrogens is 484 g/mol. The zero-order valence-electron chi connectivity index (χ0n) is 22.7. The molecule has 3 N–H and O–H groups in total. The first-order valence-electron chi connectivity index (χ1n) is 13.6. The molecule has 0 saturated heterocycles. The van der Waals surface area contributed by atoms with Crippen LogP contribution in [0.4, 0.5) is 11.8 Å². The van der Waals surface area contributed by atoms with Crippen LogP contribution in [-0.2, 0) is 4.74 Å². The molecule has 0 amide bonds. The Hall–Kier alpha value is -2.36. The quantitative estimate of drug-likeness (QED) is 0.319.